The van der Waals surface area contributed by atoms with Gasteiger partial charge in [-0.05, 0) is 23.3 Å². The molecule has 1 N–H and O–H groups in total. The van der Waals surface area contributed by atoms with E-state index in [9.17, 15) is 10.0 Å². The zero-order valence-corrected chi connectivity index (χ0v) is 12.9. The van der Waals surface area contributed by atoms with E-state index >= 15 is 0 Å². The summed E-state index contributed by atoms with van der Waals surface area (Å²) in [5.41, 5.74) is 2.27. The number of carbonyl (C=O) groups excluding carboxylic acids is 1. The molecule has 0 heterocycles. The molecule has 0 atom stereocenters. The third-order valence-corrected chi connectivity index (χ3v) is 3.28. The summed E-state index contributed by atoms with van der Waals surface area (Å²) in [5.74, 6) is 0.184. The number of nitrogens with zero attached hydrogens (tertiary/aromatic N) is 1. The third-order valence-electron chi connectivity index (χ3n) is 3.28. The predicted molar refractivity (Wildman–Crippen MR) is 85.7 cm³/mol. The molecular formula is C18H21NO3. The Labute approximate surface area is 130 Å². The molecule has 0 saturated heterocycles. The molecule has 2 rings (SSSR count). The summed E-state index contributed by atoms with van der Waals surface area (Å²) in [4.78, 5) is 11.5. The fourth-order valence-electron chi connectivity index (χ4n) is 2.03. The van der Waals surface area contributed by atoms with Gasteiger partial charge in [0.05, 0.1) is 6.54 Å². The first-order chi connectivity index (χ1) is 10.6. The number of ether oxygens (including phenoxy) is 1. The van der Waals surface area contributed by atoms with Gasteiger partial charge in [-0.1, -0.05) is 56.3 Å². The lowest BCUT2D eigenvalue weighted by atomic mass is 10.1. The molecule has 0 aliphatic rings. The molecule has 0 radical (unpaired) electrons. The van der Waals surface area contributed by atoms with Crippen molar-refractivity contribution in [3.8, 4) is 16.9 Å². The Hall–Kier alpha value is -2.33. The van der Waals surface area contributed by atoms with Crippen molar-refractivity contribution in [1.82, 2.24) is 5.06 Å². The number of hydrogen-bond acceptors (Lipinski definition) is 3. The van der Waals surface area contributed by atoms with Crippen LogP contribution < -0.4 is 4.74 Å². The van der Waals surface area contributed by atoms with Gasteiger partial charge >= 0.3 is 0 Å². The first-order valence-electron chi connectivity index (χ1n) is 7.36. The quantitative estimate of drug-likeness (QED) is 0.655. The molecule has 4 nitrogen and oxygen atoms in total. The Morgan fingerprint density at radius 1 is 1.05 bits per heavy atom. The van der Waals surface area contributed by atoms with Crippen LogP contribution in [0.5, 0.6) is 5.75 Å². The minimum absolute atomic E-state index is 0.150. The summed E-state index contributed by atoms with van der Waals surface area (Å²) in [6.07, 6.45) is 0. The lowest BCUT2D eigenvalue weighted by Crippen LogP contribution is -2.34. The molecule has 0 spiro atoms. The predicted octanol–water partition coefficient (Wildman–Crippen LogP) is 3.61. The standard InChI is InChI=1S/C18H21NO3/c1-14(2)18(20)19(21)12-13-22-17-10-8-16(9-11-17)15-6-4-3-5-7-15/h3-11,14,21H,12-13H2,1-2H3. The van der Waals surface area contributed by atoms with E-state index < -0.39 is 0 Å². The van der Waals surface area contributed by atoms with Crippen LogP contribution in [0.15, 0.2) is 54.6 Å². The van der Waals surface area contributed by atoms with Crippen LogP contribution in [0, 0.1) is 5.92 Å². The van der Waals surface area contributed by atoms with Crippen molar-refractivity contribution in [2.45, 2.75) is 13.8 Å². The molecule has 0 fully saturated rings. The first-order valence-corrected chi connectivity index (χ1v) is 7.36. The van der Waals surface area contributed by atoms with E-state index in [0.717, 1.165) is 11.1 Å². The Balaban J connectivity index is 1.86. The second kappa shape index (κ2) is 7.61. The van der Waals surface area contributed by atoms with Gasteiger partial charge in [0, 0.05) is 5.92 Å². The average Bonchev–Trinajstić information content (AvgIpc) is 2.55. The van der Waals surface area contributed by atoms with Crippen molar-refractivity contribution >= 4 is 5.91 Å². The highest BCUT2D eigenvalue weighted by atomic mass is 16.5. The van der Waals surface area contributed by atoms with E-state index in [2.05, 4.69) is 12.1 Å². The number of hydrogen-bond donors (Lipinski definition) is 1. The smallest absolute Gasteiger partial charge is 0.248 e. The van der Waals surface area contributed by atoms with E-state index in [1.54, 1.807) is 13.8 Å². The molecule has 0 aliphatic carbocycles. The molecule has 2 aromatic rings. The lowest BCUT2D eigenvalue weighted by Gasteiger charge is -2.17. The van der Waals surface area contributed by atoms with Gasteiger partial charge in [0.2, 0.25) is 5.91 Å². The zero-order valence-electron chi connectivity index (χ0n) is 12.9. The fourth-order valence-corrected chi connectivity index (χ4v) is 2.03. The van der Waals surface area contributed by atoms with E-state index in [1.807, 2.05) is 42.5 Å². The SMILES string of the molecule is CC(C)C(=O)N(O)CCOc1ccc(-c2ccccc2)cc1. The topological polar surface area (TPSA) is 49.8 Å². The van der Waals surface area contributed by atoms with Gasteiger partial charge in [-0.2, -0.15) is 0 Å². The largest absolute Gasteiger partial charge is 0.492 e. The maximum atomic E-state index is 11.5. The summed E-state index contributed by atoms with van der Waals surface area (Å²) in [6, 6.07) is 17.8. The Morgan fingerprint density at radius 3 is 2.23 bits per heavy atom. The molecule has 116 valence electrons. The Bertz CT molecular complexity index is 593. The maximum absolute atomic E-state index is 11.5. The van der Waals surface area contributed by atoms with Gasteiger partial charge in [-0.3, -0.25) is 10.0 Å². The van der Waals surface area contributed by atoms with Crippen LogP contribution in [0.4, 0.5) is 0 Å². The molecule has 22 heavy (non-hydrogen) atoms. The van der Waals surface area contributed by atoms with Crippen LogP contribution in [0.1, 0.15) is 13.8 Å². The van der Waals surface area contributed by atoms with Crippen molar-refractivity contribution < 1.29 is 14.7 Å². The normalized spacial score (nSPS) is 10.5. The average molecular weight is 299 g/mol. The van der Waals surface area contributed by atoms with Crippen LogP contribution in [-0.4, -0.2) is 29.3 Å². The molecule has 0 aliphatic heterocycles. The second-order valence-corrected chi connectivity index (χ2v) is 5.35. The van der Waals surface area contributed by atoms with Gasteiger partial charge in [0.25, 0.3) is 0 Å². The van der Waals surface area contributed by atoms with E-state index in [0.29, 0.717) is 10.8 Å². The highest BCUT2D eigenvalue weighted by molar-refractivity contribution is 5.76. The minimum Gasteiger partial charge on any atom is -0.492 e. The summed E-state index contributed by atoms with van der Waals surface area (Å²) in [6.45, 7) is 3.89. The molecule has 4 heteroatoms. The molecule has 0 bridgehead atoms. The number of hydroxylamine groups is 2. The summed E-state index contributed by atoms with van der Waals surface area (Å²) in [5, 5.41) is 10.3. The van der Waals surface area contributed by atoms with Gasteiger partial charge in [0.1, 0.15) is 12.4 Å². The summed E-state index contributed by atoms with van der Waals surface area (Å²) in [7, 11) is 0. The maximum Gasteiger partial charge on any atom is 0.248 e. The molecular weight excluding hydrogens is 278 g/mol. The van der Waals surface area contributed by atoms with E-state index in [-0.39, 0.29) is 25.0 Å². The third kappa shape index (κ3) is 4.33. The van der Waals surface area contributed by atoms with Crippen molar-refractivity contribution in [3.63, 3.8) is 0 Å². The lowest BCUT2D eigenvalue weighted by molar-refractivity contribution is -0.170. The van der Waals surface area contributed by atoms with Gasteiger partial charge in [0.15, 0.2) is 0 Å². The van der Waals surface area contributed by atoms with Crippen molar-refractivity contribution in [3.05, 3.63) is 54.6 Å². The minimum atomic E-state index is -0.303. The highest BCUT2D eigenvalue weighted by Gasteiger charge is 2.14. The number of carbonyl (C=O) groups is 1. The van der Waals surface area contributed by atoms with E-state index in [1.165, 1.54) is 0 Å². The summed E-state index contributed by atoms with van der Waals surface area (Å²) < 4.78 is 5.54. The van der Waals surface area contributed by atoms with Crippen molar-refractivity contribution in [1.29, 1.82) is 0 Å². The Morgan fingerprint density at radius 2 is 1.64 bits per heavy atom. The molecule has 2 aromatic carbocycles. The molecule has 0 saturated carbocycles. The van der Waals surface area contributed by atoms with Gasteiger partial charge in [-0.15, -0.1) is 0 Å². The Kier molecular flexibility index (Phi) is 5.55. The molecule has 1 amide bonds. The van der Waals surface area contributed by atoms with Crippen molar-refractivity contribution in [2.75, 3.05) is 13.2 Å². The van der Waals surface area contributed by atoms with Crippen LogP contribution in [0.25, 0.3) is 11.1 Å². The molecule has 0 unspecified atom stereocenters. The second-order valence-electron chi connectivity index (χ2n) is 5.35. The highest BCUT2D eigenvalue weighted by Crippen LogP contribution is 2.21. The fraction of sp³-hybridized carbons (Fsp3) is 0.278. The van der Waals surface area contributed by atoms with Crippen LogP contribution in [-0.2, 0) is 4.79 Å². The van der Waals surface area contributed by atoms with E-state index in [4.69, 9.17) is 4.74 Å². The number of benzene rings is 2. The summed E-state index contributed by atoms with van der Waals surface area (Å²) >= 11 is 0. The molecule has 0 aromatic heterocycles. The number of amides is 1. The van der Waals surface area contributed by atoms with Crippen molar-refractivity contribution in [2.24, 2.45) is 5.92 Å². The monoisotopic (exact) mass is 299 g/mol. The van der Waals surface area contributed by atoms with Crippen LogP contribution >= 0.6 is 0 Å². The zero-order chi connectivity index (χ0) is 15.9. The first kappa shape index (κ1) is 16.0. The van der Waals surface area contributed by atoms with Gasteiger partial charge < -0.3 is 4.74 Å². The van der Waals surface area contributed by atoms with Crippen LogP contribution in [0.2, 0.25) is 0 Å². The van der Waals surface area contributed by atoms with Gasteiger partial charge in [-0.25, -0.2) is 5.06 Å². The number of rotatable bonds is 6. The van der Waals surface area contributed by atoms with Crippen LogP contribution in [0.3, 0.4) is 0 Å².